The fourth-order valence-electron chi connectivity index (χ4n) is 1.74. The van der Waals surface area contributed by atoms with E-state index >= 15 is 0 Å². The monoisotopic (exact) mass is 242 g/mol. The minimum absolute atomic E-state index is 0.0297. The summed E-state index contributed by atoms with van der Waals surface area (Å²) < 4.78 is 0. The molecule has 1 amide bonds. The molecule has 0 aromatic rings. The number of thioether (sulfide) groups is 1. The molecule has 0 aromatic heterocycles. The van der Waals surface area contributed by atoms with Crippen LogP contribution in [0.5, 0.6) is 0 Å². The zero-order chi connectivity index (χ0) is 12.2. The van der Waals surface area contributed by atoms with Gasteiger partial charge in [-0.15, -0.1) is 6.58 Å². The van der Waals surface area contributed by atoms with E-state index in [1.807, 2.05) is 16.7 Å². The predicted octanol–water partition coefficient (Wildman–Crippen LogP) is 1.50. The van der Waals surface area contributed by atoms with Gasteiger partial charge in [0.1, 0.15) is 0 Å². The van der Waals surface area contributed by atoms with Crippen molar-refractivity contribution in [2.75, 3.05) is 24.6 Å². The van der Waals surface area contributed by atoms with Gasteiger partial charge in [-0.2, -0.15) is 11.8 Å². The van der Waals surface area contributed by atoms with Crippen molar-refractivity contribution < 1.29 is 4.79 Å². The Hall–Kier alpha value is -0.480. The average Bonchev–Trinajstić information content (AvgIpc) is 2.25. The van der Waals surface area contributed by atoms with Crippen molar-refractivity contribution >= 4 is 17.7 Å². The Kier molecular flexibility index (Phi) is 4.87. The quantitative estimate of drug-likeness (QED) is 0.761. The summed E-state index contributed by atoms with van der Waals surface area (Å²) in [6, 6.07) is -0.0297. The topological polar surface area (TPSA) is 32.3 Å². The van der Waals surface area contributed by atoms with Gasteiger partial charge in [-0.3, -0.25) is 4.79 Å². The fourth-order valence-corrected chi connectivity index (χ4v) is 2.66. The Morgan fingerprint density at radius 3 is 2.75 bits per heavy atom. The lowest BCUT2D eigenvalue weighted by molar-refractivity contribution is -0.136. The van der Waals surface area contributed by atoms with E-state index in [2.05, 4.69) is 32.7 Å². The van der Waals surface area contributed by atoms with Crippen LogP contribution in [0.1, 0.15) is 20.8 Å². The molecule has 1 aliphatic heterocycles. The average molecular weight is 242 g/mol. The van der Waals surface area contributed by atoms with Crippen LogP contribution in [0.4, 0.5) is 0 Å². The van der Waals surface area contributed by atoms with Gasteiger partial charge in [0, 0.05) is 30.1 Å². The van der Waals surface area contributed by atoms with E-state index in [0.29, 0.717) is 6.54 Å². The van der Waals surface area contributed by atoms with Crippen LogP contribution in [0.2, 0.25) is 0 Å². The van der Waals surface area contributed by atoms with E-state index in [1.165, 1.54) is 0 Å². The number of nitrogens with one attached hydrogen (secondary N) is 1. The summed E-state index contributed by atoms with van der Waals surface area (Å²) in [5.41, 5.74) is -0.144. The third-order valence-electron chi connectivity index (χ3n) is 2.61. The molecule has 1 heterocycles. The normalized spacial score (nSPS) is 21.6. The number of carbonyl (C=O) groups excluding carboxylic acids is 1. The Morgan fingerprint density at radius 2 is 2.31 bits per heavy atom. The molecule has 1 fully saturated rings. The first-order valence-corrected chi connectivity index (χ1v) is 6.86. The van der Waals surface area contributed by atoms with Gasteiger partial charge in [-0.05, 0) is 20.8 Å². The third kappa shape index (κ3) is 3.52. The Morgan fingerprint density at radius 1 is 1.62 bits per heavy atom. The molecule has 1 N–H and O–H groups in total. The van der Waals surface area contributed by atoms with Gasteiger partial charge in [0.05, 0.1) is 6.04 Å². The highest BCUT2D eigenvalue weighted by Gasteiger charge is 2.31. The van der Waals surface area contributed by atoms with E-state index in [4.69, 9.17) is 0 Å². The third-order valence-corrected chi connectivity index (χ3v) is 3.67. The SMILES string of the molecule is C=CCN(C(=O)C1CSCCN1)C(C)(C)C. The second-order valence-electron chi connectivity index (χ2n) is 4.99. The first-order chi connectivity index (χ1) is 7.46. The molecule has 0 saturated carbocycles. The molecule has 1 unspecified atom stereocenters. The summed E-state index contributed by atoms with van der Waals surface area (Å²) >= 11 is 1.84. The molecule has 3 nitrogen and oxygen atoms in total. The van der Waals surface area contributed by atoms with Crippen molar-refractivity contribution in [1.29, 1.82) is 0 Å². The van der Waals surface area contributed by atoms with Crippen LogP contribution >= 0.6 is 11.8 Å². The summed E-state index contributed by atoms with van der Waals surface area (Å²) in [5, 5.41) is 3.28. The molecule has 1 saturated heterocycles. The lowest BCUT2D eigenvalue weighted by Gasteiger charge is -2.38. The summed E-state index contributed by atoms with van der Waals surface area (Å²) in [4.78, 5) is 14.2. The van der Waals surface area contributed by atoms with Gasteiger partial charge in [-0.1, -0.05) is 6.08 Å². The summed E-state index contributed by atoms with van der Waals surface area (Å²) in [6.45, 7) is 11.4. The number of hydrogen-bond acceptors (Lipinski definition) is 3. The zero-order valence-electron chi connectivity index (χ0n) is 10.5. The maximum absolute atomic E-state index is 12.3. The van der Waals surface area contributed by atoms with Gasteiger partial charge < -0.3 is 10.2 Å². The maximum Gasteiger partial charge on any atom is 0.241 e. The molecule has 0 radical (unpaired) electrons. The van der Waals surface area contributed by atoms with Crippen molar-refractivity contribution in [1.82, 2.24) is 10.2 Å². The molecule has 4 heteroatoms. The van der Waals surface area contributed by atoms with Crippen molar-refractivity contribution in [2.24, 2.45) is 0 Å². The highest BCUT2D eigenvalue weighted by Crippen LogP contribution is 2.17. The highest BCUT2D eigenvalue weighted by atomic mass is 32.2. The number of rotatable bonds is 3. The van der Waals surface area contributed by atoms with E-state index in [1.54, 1.807) is 6.08 Å². The van der Waals surface area contributed by atoms with Crippen molar-refractivity contribution in [3.05, 3.63) is 12.7 Å². The Labute approximate surface area is 103 Å². The molecule has 0 aliphatic carbocycles. The first kappa shape index (κ1) is 13.6. The molecule has 0 aromatic carbocycles. The second kappa shape index (κ2) is 5.73. The summed E-state index contributed by atoms with van der Waals surface area (Å²) in [5.74, 6) is 2.17. The predicted molar refractivity (Wildman–Crippen MR) is 70.8 cm³/mol. The summed E-state index contributed by atoms with van der Waals surface area (Å²) in [6.07, 6.45) is 1.79. The minimum atomic E-state index is -0.144. The van der Waals surface area contributed by atoms with Crippen LogP contribution in [0.25, 0.3) is 0 Å². The van der Waals surface area contributed by atoms with Crippen LogP contribution in [-0.2, 0) is 4.79 Å². The largest absolute Gasteiger partial charge is 0.333 e. The van der Waals surface area contributed by atoms with Crippen molar-refractivity contribution in [2.45, 2.75) is 32.4 Å². The van der Waals surface area contributed by atoms with Crippen LogP contribution in [-0.4, -0.2) is 47.0 Å². The van der Waals surface area contributed by atoms with Gasteiger partial charge in [0.15, 0.2) is 0 Å². The maximum atomic E-state index is 12.3. The Bertz CT molecular complexity index is 254. The minimum Gasteiger partial charge on any atom is -0.333 e. The summed E-state index contributed by atoms with van der Waals surface area (Å²) in [7, 11) is 0. The molecule has 92 valence electrons. The zero-order valence-corrected chi connectivity index (χ0v) is 11.3. The molecule has 1 aliphatic rings. The molecule has 0 spiro atoms. The van der Waals surface area contributed by atoms with E-state index in [0.717, 1.165) is 18.1 Å². The van der Waals surface area contributed by atoms with E-state index < -0.39 is 0 Å². The van der Waals surface area contributed by atoms with Gasteiger partial charge in [0.25, 0.3) is 0 Å². The van der Waals surface area contributed by atoms with Crippen LogP contribution in [0.3, 0.4) is 0 Å². The van der Waals surface area contributed by atoms with Crippen LogP contribution < -0.4 is 5.32 Å². The highest BCUT2D eigenvalue weighted by molar-refractivity contribution is 7.99. The number of nitrogens with zero attached hydrogens (tertiary/aromatic N) is 1. The van der Waals surface area contributed by atoms with E-state index in [9.17, 15) is 4.79 Å². The molecular formula is C12H22N2OS. The van der Waals surface area contributed by atoms with Crippen LogP contribution in [0.15, 0.2) is 12.7 Å². The van der Waals surface area contributed by atoms with Crippen molar-refractivity contribution in [3.63, 3.8) is 0 Å². The molecule has 1 atom stereocenters. The smallest absolute Gasteiger partial charge is 0.241 e. The van der Waals surface area contributed by atoms with Crippen molar-refractivity contribution in [3.8, 4) is 0 Å². The number of amides is 1. The van der Waals surface area contributed by atoms with Gasteiger partial charge >= 0.3 is 0 Å². The van der Waals surface area contributed by atoms with Gasteiger partial charge in [0.2, 0.25) is 5.91 Å². The molecular weight excluding hydrogens is 220 g/mol. The second-order valence-corrected chi connectivity index (χ2v) is 6.14. The number of carbonyl (C=O) groups is 1. The van der Waals surface area contributed by atoms with Gasteiger partial charge in [-0.25, -0.2) is 0 Å². The lowest BCUT2D eigenvalue weighted by Crippen LogP contribution is -2.56. The molecule has 0 bridgehead atoms. The molecule has 16 heavy (non-hydrogen) atoms. The molecule has 1 rings (SSSR count). The standard InChI is InChI=1S/C12H22N2OS/c1-5-7-14(12(2,3)4)11(15)10-9-16-8-6-13-10/h5,10,13H,1,6-9H2,2-4H3. The van der Waals surface area contributed by atoms with E-state index in [-0.39, 0.29) is 17.5 Å². The Balaban J connectivity index is 2.69. The fraction of sp³-hybridized carbons (Fsp3) is 0.750. The lowest BCUT2D eigenvalue weighted by atomic mass is 10.0. The first-order valence-electron chi connectivity index (χ1n) is 5.70. The van der Waals surface area contributed by atoms with Crippen LogP contribution in [0, 0.1) is 0 Å². The number of hydrogen-bond donors (Lipinski definition) is 1.